The maximum absolute atomic E-state index is 9.84. The predicted molar refractivity (Wildman–Crippen MR) is 86.6 cm³/mol. The van der Waals surface area contributed by atoms with Crippen LogP contribution in [0.4, 0.5) is 0 Å². The van der Waals surface area contributed by atoms with E-state index in [4.69, 9.17) is 4.74 Å². The first kappa shape index (κ1) is 16.6. The molecule has 2 atom stereocenters. The number of phenolic OH excluding ortho intramolecular Hbond substituents is 1. The topological polar surface area (TPSA) is 61.7 Å². The number of benzene rings is 1. The SMILES string of the molecule is COc1cc(CNC2(CO)CCCC(C)C2)cc(Br)c1O. The second-order valence-corrected chi connectivity index (χ2v) is 6.98. The number of hydrogen-bond donors (Lipinski definition) is 3. The molecule has 0 heterocycles. The van der Waals surface area contributed by atoms with E-state index in [1.54, 1.807) is 0 Å². The summed E-state index contributed by atoms with van der Waals surface area (Å²) >= 11 is 3.34. The van der Waals surface area contributed by atoms with E-state index in [1.807, 2.05) is 12.1 Å². The van der Waals surface area contributed by atoms with Crippen molar-refractivity contribution in [2.75, 3.05) is 13.7 Å². The average Bonchev–Trinajstić information content (AvgIpc) is 2.48. The van der Waals surface area contributed by atoms with E-state index >= 15 is 0 Å². The van der Waals surface area contributed by atoms with Gasteiger partial charge < -0.3 is 20.3 Å². The van der Waals surface area contributed by atoms with Crippen LogP contribution < -0.4 is 10.1 Å². The third-order valence-electron chi connectivity index (χ3n) is 4.37. The highest BCUT2D eigenvalue weighted by atomic mass is 79.9. The van der Waals surface area contributed by atoms with E-state index in [2.05, 4.69) is 28.2 Å². The van der Waals surface area contributed by atoms with E-state index in [0.717, 1.165) is 24.8 Å². The Kier molecular flexibility index (Phi) is 5.52. The van der Waals surface area contributed by atoms with E-state index in [1.165, 1.54) is 13.5 Å². The Morgan fingerprint density at radius 3 is 2.86 bits per heavy atom. The summed E-state index contributed by atoms with van der Waals surface area (Å²) in [5.41, 5.74) is 0.831. The molecule has 1 fully saturated rings. The Morgan fingerprint density at radius 2 is 2.24 bits per heavy atom. The fourth-order valence-electron chi connectivity index (χ4n) is 3.19. The van der Waals surface area contributed by atoms with Gasteiger partial charge in [0, 0.05) is 12.1 Å². The number of nitrogens with one attached hydrogen (secondary N) is 1. The van der Waals surface area contributed by atoms with Crippen molar-refractivity contribution in [2.24, 2.45) is 5.92 Å². The quantitative estimate of drug-likeness (QED) is 0.757. The lowest BCUT2D eigenvalue weighted by molar-refractivity contribution is 0.0982. The zero-order valence-electron chi connectivity index (χ0n) is 12.7. The van der Waals surface area contributed by atoms with Crippen LogP contribution in [0.15, 0.2) is 16.6 Å². The minimum Gasteiger partial charge on any atom is -0.503 e. The zero-order valence-corrected chi connectivity index (χ0v) is 14.2. The number of aliphatic hydroxyl groups excluding tert-OH is 1. The second kappa shape index (κ2) is 6.99. The molecule has 1 aromatic carbocycles. The molecule has 1 saturated carbocycles. The molecule has 0 aromatic heterocycles. The molecule has 1 aliphatic carbocycles. The van der Waals surface area contributed by atoms with Gasteiger partial charge in [-0.05, 0) is 52.4 Å². The first-order valence-electron chi connectivity index (χ1n) is 7.41. The molecule has 118 valence electrons. The first-order chi connectivity index (χ1) is 9.99. The van der Waals surface area contributed by atoms with Gasteiger partial charge in [-0.3, -0.25) is 0 Å². The van der Waals surface area contributed by atoms with Gasteiger partial charge in [0.25, 0.3) is 0 Å². The number of halogens is 1. The minimum absolute atomic E-state index is 0.115. The molecule has 3 N–H and O–H groups in total. The molecule has 0 spiro atoms. The number of hydrogen-bond acceptors (Lipinski definition) is 4. The van der Waals surface area contributed by atoms with Gasteiger partial charge in [0.15, 0.2) is 11.5 Å². The van der Waals surface area contributed by atoms with Gasteiger partial charge in [-0.25, -0.2) is 0 Å². The summed E-state index contributed by atoms with van der Waals surface area (Å²) in [6.45, 7) is 3.04. The summed E-state index contributed by atoms with van der Waals surface area (Å²) in [7, 11) is 1.54. The fraction of sp³-hybridized carbons (Fsp3) is 0.625. The summed E-state index contributed by atoms with van der Waals surface area (Å²) in [4.78, 5) is 0. The summed E-state index contributed by atoms with van der Waals surface area (Å²) in [5.74, 6) is 1.21. The van der Waals surface area contributed by atoms with Gasteiger partial charge in [0.1, 0.15) is 0 Å². The normalized spacial score (nSPS) is 25.8. The van der Waals surface area contributed by atoms with Crippen LogP contribution in [0.3, 0.4) is 0 Å². The van der Waals surface area contributed by atoms with Crippen LogP contribution in [0.1, 0.15) is 38.2 Å². The molecule has 0 saturated heterocycles. The Hall–Kier alpha value is -0.780. The van der Waals surface area contributed by atoms with E-state index in [9.17, 15) is 10.2 Å². The van der Waals surface area contributed by atoms with Crippen LogP contribution in [0.5, 0.6) is 11.5 Å². The fourth-order valence-corrected chi connectivity index (χ4v) is 3.68. The van der Waals surface area contributed by atoms with Gasteiger partial charge in [0.05, 0.1) is 18.2 Å². The highest BCUT2D eigenvalue weighted by molar-refractivity contribution is 9.10. The van der Waals surface area contributed by atoms with Crippen molar-refractivity contribution in [3.05, 3.63) is 22.2 Å². The van der Waals surface area contributed by atoms with Crippen molar-refractivity contribution in [3.8, 4) is 11.5 Å². The summed E-state index contributed by atoms with van der Waals surface area (Å²) in [5, 5.41) is 23.2. The molecule has 5 heteroatoms. The maximum atomic E-state index is 9.84. The average molecular weight is 358 g/mol. The lowest BCUT2D eigenvalue weighted by atomic mass is 9.77. The molecule has 0 aliphatic heterocycles. The second-order valence-electron chi connectivity index (χ2n) is 6.12. The third-order valence-corrected chi connectivity index (χ3v) is 4.97. The number of rotatable bonds is 5. The number of ether oxygens (including phenoxy) is 1. The highest BCUT2D eigenvalue weighted by Crippen LogP contribution is 2.36. The predicted octanol–water partition coefficient (Wildman–Crippen LogP) is 3.19. The number of aliphatic hydroxyl groups is 1. The Morgan fingerprint density at radius 1 is 1.48 bits per heavy atom. The van der Waals surface area contributed by atoms with Gasteiger partial charge in [-0.1, -0.05) is 19.8 Å². The minimum atomic E-state index is -0.185. The molecule has 0 bridgehead atoms. The smallest absolute Gasteiger partial charge is 0.172 e. The molecule has 2 rings (SSSR count). The Labute approximate surface area is 134 Å². The molecule has 4 nitrogen and oxygen atoms in total. The lowest BCUT2D eigenvalue weighted by Crippen LogP contribution is -2.51. The van der Waals surface area contributed by atoms with Crippen molar-refractivity contribution < 1.29 is 14.9 Å². The van der Waals surface area contributed by atoms with Crippen LogP contribution in [-0.4, -0.2) is 29.5 Å². The molecule has 0 radical (unpaired) electrons. The van der Waals surface area contributed by atoms with E-state index < -0.39 is 0 Å². The summed E-state index contributed by atoms with van der Waals surface area (Å²) in [6, 6.07) is 3.70. The molecule has 2 unspecified atom stereocenters. The van der Waals surface area contributed by atoms with Crippen LogP contribution in [0.25, 0.3) is 0 Å². The van der Waals surface area contributed by atoms with Crippen LogP contribution >= 0.6 is 15.9 Å². The van der Waals surface area contributed by atoms with Crippen molar-refractivity contribution in [3.63, 3.8) is 0 Å². The number of aromatic hydroxyl groups is 1. The number of phenols is 1. The van der Waals surface area contributed by atoms with Gasteiger partial charge >= 0.3 is 0 Å². The molecule has 0 amide bonds. The van der Waals surface area contributed by atoms with Gasteiger partial charge in [-0.15, -0.1) is 0 Å². The van der Waals surface area contributed by atoms with Crippen molar-refractivity contribution in [2.45, 2.75) is 44.7 Å². The van der Waals surface area contributed by atoms with Gasteiger partial charge in [0.2, 0.25) is 0 Å². The van der Waals surface area contributed by atoms with Crippen LogP contribution in [-0.2, 0) is 6.54 Å². The zero-order chi connectivity index (χ0) is 15.5. The van der Waals surface area contributed by atoms with Gasteiger partial charge in [-0.2, -0.15) is 0 Å². The van der Waals surface area contributed by atoms with Crippen molar-refractivity contribution in [1.29, 1.82) is 0 Å². The first-order valence-corrected chi connectivity index (χ1v) is 8.20. The Balaban J connectivity index is 2.09. The summed E-state index contributed by atoms with van der Waals surface area (Å²) < 4.78 is 5.79. The van der Waals surface area contributed by atoms with Crippen molar-refractivity contribution in [1.82, 2.24) is 5.32 Å². The standard InChI is InChI=1S/C16H24BrNO3/c1-11-4-3-5-16(8-11,10-19)18-9-12-6-13(17)15(20)14(7-12)21-2/h6-7,11,18-20H,3-5,8-10H2,1-2H3. The van der Waals surface area contributed by atoms with Crippen LogP contribution in [0, 0.1) is 5.92 Å². The molecule has 1 aromatic rings. The largest absolute Gasteiger partial charge is 0.503 e. The highest BCUT2D eigenvalue weighted by Gasteiger charge is 2.33. The third kappa shape index (κ3) is 3.90. The van der Waals surface area contributed by atoms with E-state index in [-0.39, 0.29) is 17.9 Å². The number of methoxy groups -OCH3 is 1. The molecular formula is C16H24BrNO3. The van der Waals surface area contributed by atoms with E-state index in [0.29, 0.717) is 22.7 Å². The van der Waals surface area contributed by atoms with Crippen molar-refractivity contribution >= 4 is 15.9 Å². The van der Waals surface area contributed by atoms with Crippen LogP contribution in [0.2, 0.25) is 0 Å². The molecule has 21 heavy (non-hydrogen) atoms. The molecular weight excluding hydrogens is 334 g/mol. The Bertz CT molecular complexity index is 495. The maximum Gasteiger partial charge on any atom is 0.172 e. The summed E-state index contributed by atoms with van der Waals surface area (Å²) in [6.07, 6.45) is 4.39. The lowest BCUT2D eigenvalue weighted by Gasteiger charge is -2.39. The molecule has 1 aliphatic rings. The monoisotopic (exact) mass is 357 g/mol.